The maximum atomic E-state index is 12.5. The van der Waals surface area contributed by atoms with Gasteiger partial charge in [-0.3, -0.25) is 0 Å². The lowest BCUT2D eigenvalue weighted by Gasteiger charge is -2.23. The van der Waals surface area contributed by atoms with Crippen molar-refractivity contribution in [3.63, 3.8) is 0 Å². The molecular formula is C19H14ClNO3S. The van der Waals surface area contributed by atoms with Crippen LogP contribution in [0.1, 0.15) is 17.3 Å². The van der Waals surface area contributed by atoms with Crippen LogP contribution in [0.5, 0.6) is 5.75 Å². The number of hydrogen-bond acceptors (Lipinski definition) is 5. The number of carbonyl (C=O) groups excluding carboxylic acids is 1. The predicted octanol–water partition coefficient (Wildman–Crippen LogP) is 5.50. The van der Waals surface area contributed by atoms with Crippen molar-refractivity contribution >= 4 is 51.5 Å². The molecule has 0 aromatic heterocycles. The molecule has 0 bridgehead atoms. The summed E-state index contributed by atoms with van der Waals surface area (Å²) in [6.07, 6.45) is 0. The first kappa shape index (κ1) is 16.1. The van der Waals surface area contributed by atoms with Crippen LogP contribution in [0, 0.1) is 0 Å². The number of phenols is 1. The first-order valence-electron chi connectivity index (χ1n) is 7.72. The van der Waals surface area contributed by atoms with Gasteiger partial charge in [0.15, 0.2) is 5.56 Å². The molecule has 4 rings (SSSR count). The number of ether oxygens (including phenoxy) is 1. The minimum atomic E-state index is -0.737. The lowest BCUT2D eigenvalue weighted by atomic mass is 10.0. The number of carbonyl (C=O) groups is 1. The van der Waals surface area contributed by atoms with E-state index < -0.39 is 11.5 Å². The van der Waals surface area contributed by atoms with E-state index in [0.29, 0.717) is 16.3 Å². The van der Waals surface area contributed by atoms with Gasteiger partial charge in [0.1, 0.15) is 5.75 Å². The molecule has 1 unspecified atom stereocenters. The van der Waals surface area contributed by atoms with Gasteiger partial charge in [0.05, 0.1) is 16.9 Å². The van der Waals surface area contributed by atoms with Crippen molar-refractivity contribution in [2.75, 3.05) is 5.32 Å². The van der Waals surface area contributed by atoms with Crippen LogP contribution < -0.4 is 5.32 Å². The molecule has 2 N–H and O–H groups in total. The maximum absolute atomic E-state index is 12.5. The highest BCUT2D eigenvalue weighted by molar-refractivity contribution is 7.99. The molecule has 0 radical (unpaired) electrons. The Morgan fingerprint density at radius 1 is 1.20 bits per heavy atom. The topological polar surface area (TPSA) is 58.6 Å². The smallest absolute Gasteiger partial charge is 0.340 e. The molecule has 1 aliphatic rings. The summed E-state index contributed by atoms with van der Waals surface area (Å²) in [5, 5.41) is 15.0. The Morgan fingerprint density at radius 2 is 2.00 bits per heavy atom. The van der Waals surface area contributed by atoms with E-state index >= 15 is 0 Å². The van der Waals surface area contributed by atoms with Crippen molar-refractivity contribution in [1.82, 2.24) is 0 Å². The monoisotopic (exact) mass is 371 g/mol. The number of anilines is 2. The normalized spacial score (nSPS) is 13.5. The third kappa shape index (κ3) is 2.79. The van der Waals surface area contributed by atoms with E-state index in [2.05, 4.69) is 5.32 Å². The van der Waals surface area contributed by atoms with Gasteiger partial charge < -0.3 is 15.2 Å². The highest BCUT2D eigenvalue weighted by Crippen LogP contribution is 2.49. The number of rotatable bonds is 2. The summed E-state index contributed by atoms with van der Waals surface area (Å²) < 4.78 is 5.16. The molecule has 0 fully saturated rings. The van der Waals surface area contributed by atoms with Gasteiger partial charge in [0.2, 0.25) is 0 Å². The van der Waals surface area contributed by atoms with Crippen molar-refractivity contribution in [2.24, 2.45) is 0 Å². The number of benzene rings is 3. The molecule has 25 heavy (non-hydrogen) atoms. The number of fused-ring (bicyclic) bond motifs is 4. The summed E-state index contributed by atoms with van der Waals surface area (Å²) in [4.78, 5) is 14.4. The summed E-state index contributed by atoms with van der Waals surface area (Å²) in [6, 6.07) is 14.8. The third-order valence-electron chi connectivity index (χ3n) is 3.96. The van der Waals surface area contributed by atoms with Crippen LogP contribution >= 0.6 is 23.4 Å². The van der Waals surface area contributed by atoms with E-state index in [1.54, 1.807) is 43.0 Å². The zero-order valence-corrected chi connectivity index (χ0v) is 14.8. The van der Waals surface area contributed by atoms with E-state index in [1.807, 2.05) is 24.3 Å². The Labute approximate surface area is 153 Å². The zero-order chi connectivity index (χ0) is 17.6. The van der Waals surface area contributed by atoms with Gasteiger partial charge in [0, 0.05) is 20.6 Å². The van der Waals surface area contributed by atoms with Gasteiger partial charge in [0.25, 0.3) is 0 Å². The molecule has 0 saturated carbocycles. The third-order valence-corrected chi connectivity index (χ3v) is 5.17. The molecule has 0 spiro atoms. The van der Waals surface area contributed by atoms with Gasteiger partial charge in [-0.1, -0.05) is 47.6 Å². The maximum Gasteiger partial charge on any atom is 0.340 e. The second-order valence-electron chi connectivity index (χ2n) is 5.67. The lowest BCUT2D eigenvalue weighted by molar-refractivity contribution is 0.0474. The zero-order valence-electron chi connectivity index (χ0n) is 13.2. The lowest BCUT2D eigenvalue weighted by Crippen LogP contribution is -2.11. The number of aromatic hydroxyl groups is 1. The number of halogens is 1. The van der Waals surface area contributed by atoms with Crippen molar-refractivity contribution in [1.29, 1.82) is 0 Å². The fraction of sp³-hybridized carbons (Fsp3) is 0.105. The summed E-state index contributed by atoms with van der Waals surface area (Å²) in [5.74, 6) is -0.400. The molecule has 126 valence electrons. The first-order valence-corrected chi connectivity index (χ1v) is 8.97. The first-order chi connectivity index (χ1) is 12.0. The van der Waals surface area contributed by atoms with Crippen LogP contribution in [-0.2, 0) is 4.74 Å². The van der Waals surface area contributed by atoms with E-state index in [4.69, 9.17) is 16.3 Å². The van der Waals surface area contributed by atoms with E-state index in [9.17, 15) is 9.90 Å². The standard InChI is InChI=1S/C19H14ClNO3S/c1-10(20)24-19(23)12-6-4-5-11-14(22)9-16-18(17(11)12)21-13-7-2-3-8-15(13)25-16/h2-10,21-22H,1H3. The van der Waals surface area contributed by atoms with E-state index in [1.165, 1.54) is 0 Å². The second kappa shape index (κ2) is 6.17. The predicted molar refractivity (Wildman–Crippen MR) is 100 cm³/mol. The van der Waals surface area contributed by atoms with Crippen molar-refractivity contribution in [3.8, 4) is 5.75 Å². The number of phenolic OH excluding ortho intramolecular Hbond substituents is 1. The number of esters is 1. The summed E-state index contributed by atoms with van der Waals surface area (Å²) in [6.45, 7) is 1.59. The molecule has 1 atom stereocenters. The number of nitrogens with one attached hydrogen (secondary N) is 1. The fourth-order valence-electron chi connectivity index (χ4n) is 2.93. The molecule has 6 heteroatoms. The molecular weight excluding hydrogens is 358 g/mol. The molecule has 0 saturated heterocycles. The van der Waals surface area contributed by atoms with Crippen LogP contribution in [0.3, 0.4) is 0 Å². The Morgan fingerprint density at radius 3 is 2.80 bits per heavy atom. The average molecular weight is 372 g/mol. The van der Waals surface area contributed by atoms with Gasteiger partial charge >= 0.3 is 5.97 Å². The molecule has 4 nitrogen and oxygen atoms in total. The Hall–Kier alpha value is -2.37. The largest absolute Gasteiger partial charge is 0.507 e. The number of para-hydroxylation sites is 1. The van der Waals surface area contributed by atoms with Crippen LogP contribution in [-0.4, -0.2) is 16.6 Å². The highest BCUT2D eigenvalue weighted by Gasteiger charge is 2.24. The molecule has 3 aromatic carbocycles. The summed E-state index contributed by atoms with van der Waals surface area (Å²) in [7, 11) is 0. The average Bonchev–Trinajstić information content (AvgIpc) is 2.59. The van der Waals surface area contributed by atoms with Gasteiger partial charge in [-0.15, -0.1) is 0 Å². The Bertz CT molecular complexity index is 1000. The molecule has 0 amide bonds. The highest BCUT2D eigenvalue weighted by atomic mass is 35.5. The quantitative estimate of drug-likeness (QED) is 0.277. The van der Waals surface area contributed by atoms with Crippen LogP contribution in [0.15, 0.2) is 58.3 Å². The molecule has 0 aliphatic carbocycles. The van der Waals surface area contributed by atoms with E-state index in [0.717, 1.165) is 21.2 Å². The van der Waals surface area contributed by atoms with Gasteiger partial charge in [-0.2, -0.15) is 0 Å². The van der Waals surface area contributed by atoms with Crippen molar-refractivity contribution in [3.05, 3.63) is 54.1 Å². The summed E-state index contributed by atoms with van der Waals surface area (Å²) >= 11 is 7.35. The van der Waals surface area contributed by atoms with Gasteiger partial charge in [-0.05, 0) is 31.2 Å². The van der Waals surface area contributed by atoms with Crippen molar-refractivity contribution < 1.29 is 14.6 Å². The number of hydrogen-bond donors (Lipinski definition) is 2. The minimum absolute atomic E-state index is 0.121. The van der Waals surface area contributed by atoms with Crippen LogP contribution in [0.2, 0.25) is 0 Å². The Balaban J connectivity index is 1.95. The molecule has 1 aliphatic heterocycles. The van der Waals surface area contributed by atoms with Crippen molar-refractivity contribution in [2.45, 2.75) is 22.3 Å². The van der Waals surface area contributed by atoms with E-state index in [-0.39, 0.29) is 5.75 Å². The summed E-state index contributed by atoms with van der Waals surface area (Å²) in [5.41, 5.74) is 1.37. The van der Waals surface area contributed by atoms with Crippen LogP contribution in [0.4, 0.5) is 11.4 Å². The number of alkyl halides is 1. The second-order valence-corrected chi connectivity index (χ2v) is 7.37. The molecule has 3 aromatic rings. The SMILES string of the molecule is CC(Cl)OC(=O)c1cccc2c(O)cc3c(c12)Nc1ccccc1S3. The minimum Gasteiger partial charge on any atom is -0.507 e. The van der Waals surface area contributed by atoms with Gasteiger partial charge in [-0.25, -0.2) is 4.79 Å². The Kier molecular flexibility index (Phi) is 3.98. The fourth-order valence-corrected chi connectivity index (χ4v) is 4.05. The molecule has 1 heterocycles. The van der Waals surface area contributed by atoms with Crippen LogP contribution in [0.25, 0.3) is 10.8 Å².